The van der Waals surface area contributed by atoms with Crippen LogP contribution in [-0.4, -0.2) is 38.2 Å². The maximum atomic E-state index is 5.62. The molecule has 1 aliphatic heterocycles. The van der Waals surface area contributed by atoms with Crippen LogP contribution in [0.4, 0.5) is 0 Å². The summed E-state index contributed by atoms with van der Waals surface area (Å²) in [6.45, 7) is 6.67. The molecule has 1 atom stereocenters. The Kier molecular flexibility index (Phi) is 7.00. The number of hydrogen-bond donors (Lipinski definition) is 1. The predicted octanol–water partition coefficient (Wildman–Crippen LogP) is 3.98. The van der Waals surface area contributed by atoms with Gasteiger partial charge in [0.25, 0.3) is 0 Å². The zero-order valence-corrected chi connectivity index (χ0v) is 14.8. The van der Waals surface area contributed by atoms with Gasteiger partial charge in [-0.25, -0.2) is 0 Å². The molecule has 21 heavy (non-hydrogen) atoms. The quantitative estimate of drug-likeness (QED) is 0.749. The van der Waals surface area contributed by atoms with E-state index in [0.29, 0.717) is 6.04 Å². The Morgan fingerprint density at radius 2 is 2.05 bits per heavy atom. The lowest BCUT2D eigenvalue weighted by atomic mass is 9.97. The molecule has 0 unspecified atom stereocenters. The van der Waals surface area contributed by atoms with E-state index >= 15 is 0 Å². The van der Waals surface area contributed by atoms with Crippen LogP contribution < -0.4 is 10.1 Å². The zero-order valence-electron chi connectivity index (χ0n) is 13.2. The van der Waals surface area contributed by atoms with Gasteiger partial charge in [-0.2, -0.15) is 0 Å². The van der Waals surface area contributed by atoms with E-state index in [1.54, 1.807) is 7.11 Å². The van der Waals surface area contributed by atoms with E-state index in [9.17, 15) is 0 Å². The van der Waals surface area contributed by atoms with E-state index in [2.05, 4.69) is 51.3 Å². The fourth-order valence-electron chi connectivity index (χ4n) is 3.08. The third-order valence-electron chi connectivity index (χ3n) is 4.22. The molecule has 0 spiro atoms. The third-order valence-corrected chi connectivity index (χ3v) is 4.72. The molecule has 4 heteroatoms. The van der Waals surface area contributed by atoms with Crippen molar-refractivity contribution in [1.29, 1.82) is 0 Å². The molecule has 1 N–H and O–H groups in total. The summed E-state index contributed by atoms with van der Waals surface area (Å²) in [6.07, 6.45) is 5.06. The highest BCUT2D eigenvalue weighted by molar-refractivity contribution is 9.10. The first-order valence-electron chi connectivity index (χ1n) is 8.04. The Balaban J connectivity index is 2.22. The lowest BCUT2D eigenvalue weighted by Gasteiger charge is -2.36. The summed E-state index contributed by atoms with van der Waals surface area (Å²) in [4.78, 5) is 2.61. The van der Waals surface area contributed by atoms with Crippen molar-refractivity contribution in [3.63, 3.8) is 0 Å². The van der Waals surface area contributed by atoms with Gasteiger partial charge in [0.15, 0.2) is 0 Å². The van der Waals surface area contributed by atoms with Crippen LogP contribution in [0.15, 0.2) is 22.7 Å². The van der Waals surface area contributed by atoms with E-state index in [1.165, 1.54) is 31.2 Å². The van der Waals surface area contributed by atoms with Crippen LogP contribution in [0.5, 0.6) is 5.75 Å². The van der Waals surface area contributed by atoms with Crippen LogP contribution in [0.3, 0.4) is 0 Å². The summed E-state index contributed by atoms with van der Waals surface area (Å²) in [5.74, 6) is 1.01. The van der Waals surface area contributed by atoms with Crippen molar-refractivity contribution in [3.8, 4) is 5.75 Å². The highest BCUT2D eigenvalue weighted by atomic mass is 79.9. The highest BCUT2D eigenvalue weighted by Gasteiger charge is 2.24. The first kappa shape index (κ1) is 16.8. The first-order valence-corrected chi connectivity index (χ1v) is 8.83. The number of methoxy groups -OCH3 is 1. The van der Waals surface area contributed by atoms with Gasteiger partial charge in [-0.1, -0.05) is 42.1 Å². The van der Waals surface area contributed by atoms with Crippen molar-refractivity contribution in [2.45, 2.75) is 38.6 Å². The SMILES string of the molecule is CCCCC[C@@H](c1cc(Br)ccc1OC)N1CCNCC1. The highest BCUT2D eigenvalue weighted by Crippen LogP contribution is 2.35. The lowest BCUT2D eigenvalue weighted by Crippen LogP contribution is -2.45. The smallest absolute Gasteiger partial charge is 0.123 e. The van der Waals surface area contributed by atoms with Crippen molar-refractivity contribution in [2.24, 2.45) is 0 Å². The molecule has 1 aromatic carbocycles. The normalized spacial score (nSPS) is 17.7. The molecular formula is C17H27BrN2O. The summed E-state index contributed by atoms with van der Waals surface area (Å²) >= 11 is 3.61. The second-order valence-corrected chi connectivity index (χ2v) is 6.60. The van der Waals surface area contributed by atoms with Gasteiger partial charge in [-0.15, -0.1) is 0 Å². The van der Waals surface area contributed by atoms with E-state index in [1.807, 2.05) is 0 Å². The van der Waals surface area contributed by atoms with Gasteiger partial charge in [0, 0.05) is 42.3 Å². The molecule has 0 amide bonds. The van der Waals surface area contributed by atoms with Crippen molar-refractivity contribution in [1.82, 2.24) is 10.2 Å². The molecule has 0 radical (unpaired) electrons. The Bertz CT molecular complexity index is 433. The van der Waals surface area contributed by atoms with Gasteiger partial charge < -0.3 is 10.1 Å². The topological polar surface area (TPSA) is 24.5 Å². The maximum Gasteiger partial charge on any atom is 0.123 e. The monoisotopic (exact) mass is 354 g/mol. The summed E-state index contributed by atoms with van der Waals surface area (Å²) in [5.41, 5.74) is 1.32. The van der Waals surface area contributed by atoms with Gasteiger partial charge >= 0.3 is 0 Å². The van der Waals surface area contributed by atoms with Crippen molar-refractivity contribution < 1.29 is 4.74 Å². The molecule has 0 saturated carbocycles. The number of rotatable bonds is 7. The number of ether oxygens (including phenoxy) is 1. The molecular weight excluding hydrogens is 328 g/mol. The van der Waals surface area contributed by atoms with Gasteiger partial charge in [0.1, 0.15) is 5.75 Å². The molecule has 2 rings (SSSR count). The summed E-state index contributed by atoms with van der Waals surface area (Å²) < 4.78 is 6.75. The van der Waals surface area contributed by atoms with Gasteiger partial charge in [0.05, 0.1) is 7.11 Å². The molecule has 1 aromatic rings. The van der Waals surface area contributed by atoms with Crippen LogP contribution in [0, 0.1) is 0 Å². The van der Waals surface area contributed by atoms with Crippen molar-refractivity contribution in [2.75, 3.05) is 33.3 Å². The summed E-state index contributed by atoms with van der Waals surface area (Å²) in [7, 11) is 1.77. The molecule has 1 fully saturated rings. The molecule has 1 saturated heterocycles. The largest absolute Gasteiger partial charge is 0.496 e. The number of benzene rings is 1. The molecule has 0 aromatic heterocycles. The van der Waals surface area contributed by atoms with Crippen molar-refractivity contribution in [3.05, 3.63) is 28.2 Å². The zero-order chi connectivity index (χ0) is 15.1. The number of halogens is 1. The minimum Gasteiger partial charge on any atom is -0.496 e. The second kappa shape index (κ2) is 8.76. The second-order valence-electron chi connectivity index (χ2n) is 5.68. The van der Waals surface area contributed by atoms with E-state index in [-0.39, 0.29) is 0 Å². The molecule has 1 aliphatic rings. The predicted molar refractivity (Wildman–Crippen MR) is 92.0 cm³/mol. The average Bonchev–Trinajstić information content (AvgIpc) is 2.52. The number of nitrogens with one attached hydrogen (secondary N) is 1. The van der Waals surface area contributed by atoms with Crippen molar-refractivity contribution >= 4 is 15.9 Å². The van der Waals surface area contributed by atoms with Gasteiger partial charge in [-0.3, -0.25) is 4.90 Å². The van der Waals surface area contributed by atoms with Crippen LogP contribution in [0.1, 0.15) is 44.2 Å². The van der Waals surface area contributed by atoms with E-state index in [0.717, 1.165) is 36.4 Å². The van der Waals surface area contributed by atoms with Crippen LogP contribution in [0.2, 0.25) is 0 Å². The Hall–Kier alpha value is -0.580. The molecule has 0 bridgehead atoms. The summed E-state index contributed by atoms with van der Waals surface area (Å²) in [5, 5.41) is 3.45. The van der Waals surface area contributed by atoms with Crippen LogP contribution >= 0.6 is 15.9 Å². The number of nitrogens with zero attached hydrogens (tertiary/aromatic N) is 1. The molecule has 0 aliphatic carbocycles. The van der Waals surface area contributed by atoms with Gasteiger partial charge in [-0.05, 0) is 24.6 Å². The average molecular weight is 355 g/mol. The third kappa shape index (κ3) is 4.70. The number of piperazine rings is 1. The molecule has 118 valence electrons. The first-order chi connectivity index (χ1) is 10.3. The Morgan fingerprint density at radius 1 is 1.29 bits per heavy atom. The maximum absolute atomic E-state index is 5.62. The molecule has 3 nitrogen and oxygen atoms in total. The number of unbranched alkanes of at least 4 members (excludes halogenated alkanes) is 2. The Morgan fingerprint density at radius 3 is 2.71 bits per heavy atom. The molecule has 1 heterocycles. The van der Waals surface area contributed by atoms with Gasteiger partial charge in [0.2, 0.25) is 0 Å². The van der Waals surface area contributed by atoms with Crippen LogP contribution in [-0.2, 0) is 0 Å². The van der Waals surface area contributed by atoms with E-state index < -0.39 is 0 Å². The summed E-state index contributed by atoms with van der Waals surface area (Å²) in [6, 6.07) is 6.83. The minimum atomic E-state index is 0.464. The Labute approximate surface area is 137 Å². The lowest BCUT2D eigenvalue weighted by molar-refractivity contribution is 0.160. The fraction of sp³-hybridized carbons (Fsp3) is 0.647. The standard InChI is InChI=1S/C17H27BrN2O/c1-3-4-5-6-16(20-11-9-19-10-12-20)15-13-14(18)7-8-17(15)21-2/h7-8,13,16,19H,3-6,9-12H2,1-2H3/t16-/m0/s1. The number of hydrogen-bond acceptors (Lipinski definition) is 3. The fourth-order valence-corrected chi connectivity index (χ4v) is 3.46. The van der Waals surface area contributed by atoms with E-state index in [4.69, 9.17) is 4.74 Å². The van der Waals surface area contributed by atoms with Crippen LogP contribution in [0.25, 0.3) is 0 Å². The minimum absolute atomic E-state index is 0.464.